The number of aromatic hydroxyl groups is 2. The summed E-state index contributed by atoms with van der Waals surface area (Å²) in [4.78, 5) is 141. The maximum atomic E-state index is 14.8. The van der Waals surface area contributed by atoms with Crippen molar-refractivity contribution >= 4 is 142 Å². The Morgan fingerprint density at radius 1 is 0.684 bits per heavy atom. The number of carbonyl (C=O) groups excluding carboxylic acids is 9. The number of ketones is 1. The van der Waals surface area contributed by atoms with Crippen LogP contribution in [0.2, 0.25) is 0 Å². The van der Waals surface area contributed by atoms with E-state index in [1.54, 1.807) is 61.0 Å². The van der Waals surface area contributed by atoms with E-state index in [1.165, 1.54) is 78.5 Å². The molecule has 0 radical (unpaired) electrons. The van der Waals surface area contributed by atoms with E-state index in [0.717, 1.165) is 26.5 Å². The Morgan fingerprint density at radius 3 is 1.84 bits per heavy atom. The van der Waals surface area contributed by atoms with Gasteiger partial charge in [0, 0.05) is 72.9 Å². The molecule has 6 amide bonds. The molecule has 7 atom stereocenters. The normalized spacial score (nSPS) is 24.1. The Hall–Kier alpha value is -5.29. The molecular weight excluding hydrogens is 1100 g/mol. The van der Waals surface area contributed by atoms with Crippen LogP contribution in [0.5, 0.6) is 11.5 Å². The minimum atomic E-state index is -1.56. The fourth-order valence-corrected chi connectivity index (χ4v) is 14.4. The van der Waals surface area contributed by atoms with Crippen molar-refractivity contribution in [2.75, 3.05) is 88.3 Å². The number of nitrogens with one attached hydrogen (secondary N) is 3. The Labute approximate surface area is 463 Å². The van der Waals surface area contributed by atoms with Crippen LogP contribution in [-0.2, 0) is 33.6 Å². The molecule has 6 N–H and O–H groups in total. The molecular formula is C49H59N9O12S6. The van der Waals surface area contributed by atoms with E-state index < -0.39 is 131 Å². The molecule has 2 aliphatic heterocycles. The number of pyridine rings is 2. The summed E-state index contributed by atoms with van der Waals surface area (Å²) in [5, 5.41) is 41.6. The number of hydrogen-bond acceptors (Lipinski definition) is 21. The van der Waals surface area contributed by atoms with Crippen LogP contribution in [0.25, 0.3) is 21.8 Å². The number of benzene rings is 2. The summed E-state index contributed by atoms with van der Waals surface area (Å²) in [7, 11) is 7.95. The highest BCUT2D eigenvalue weighted by atomic mass is 33.1. The molecule has 0 spiro atoms. The van der Waals surface area contributed by atoms with Crippen molar-refractivity contribution in [3.05, 3.63) is 72.1 Å². The SMILES string of the molecule is CSC[C@H]1C(=O)SC[C@@H](CC(=O)c2nc3ccccc3cc2O)C(=O)NCC(=O)N(C)[C@H]2CSSC[C@@H](C(=O)N1C)N(C)C(=O)CNC(=O)[C@H](NC(=O)c1nc3ccccc3cc1O)CSC(=O)[C@H](CSC)N(C)[C@H]2O. The van der Waals surface area contributed by atoms with E-state index >= 15 is 0 Å². The molecule has 2 fully saturated rings. The number of amides is 6. The van der Waals surface area contributed by atoms with Gasteiger partial charge in [0.15, 0.2) is 11.5 Å². The van der Waals surface area contributed by atoms with E-state index in [9.17, 15) is 58.5 Å². The molecule has 21 nitrogen and oxygen atoms in total. The number of hydrogen-bond donors (Lipinski definition) is 6. The summed E-state index contributed by atoms with van der Waals surface area (Å²) < 4.78 is 0. The molecule has 2 aromatic carbocycles. The maximum Gasteiger partial charge on any atom is 0.274 e. The van der Waals surface area contributed by atoms with Crippen molar-refractivity contribution in [2.45, 2.75) is 42.9 Å². The summed E-state index contributed by atoms with van der Waals surface area (Å²) in [6.45, 7) is -1.29. The molecule has 4 heterocycles. The molecule has 27 heteroatoms. The largest absolute Gasteiger partial charge is 0.506 e. The number of aliphatic hydroxyl groups is 1. The van der Waals surface area contributed by atoms with Gasteiger partial charge in [-0.1, -0.05) is 81.5 Å². The second kappa shape index (κ2) is 27.8. The Kier molecular flexibility index (Phi) is 22.0. The van der Waals surface area contributed by atoms with Crippen molar-refractivity contribution in [1.82, 2.24) is 45.5 Å². The lowest BCUT2D eigenvalue weighted by Crippen LogP contribution is -2.58. The lowest BCUT2D eigenvalue weighted by molar-refractivity contribution is -0.144. The highest BCUT2D eigenvalue weighted by molar-refractivity contribution is 8.76. The Bertz CT molecular complexity index is 2850. The fraction of sp³-hybridized carbons (Fsp3) is 0.449. The number of aliphatic hydroxyl groups excluding tert-OH is 1. The van der Waals surface area contributed by atoms with Gasteiger partial charge in [0.2, 0.25) is 39.8 Å². The van der Waals surface area contributed by atoms with Gasteiger partial charge >= 0.3 is 0 Å². The number of nitrogens with zero attached hydrogens (tertiary/aromatic N) is 6. The molecule has 2 saturated heterocycles. The lowest BCUT2D eigenvalue weighted by Gasteiger charge is -2.39. The van der Waals surface area contributed by atoms with Crippen LogP contribution in [0, 0.1) is 5.92 Å². The highest BCUT2D eigenvalue weighted by Gasteiger charge is 2.40. The van der Waals surface area contributed by atoms with E-state index in [4.69, 9.17) is 0 Å². The van der Waals surface area contributed by atoms with Gasteiger partial charge in [0.1, 0.15) is 41.5 Å². The summed E-state index contributed by atoms with van der Waals surface area (Å²) in [6, 6.07) is 10.2. The molecule has 0 saturated carbocycles. The number of likely N-dealkylation sites (N-methyl/N-ethyl adjacent to an activating group) is 4. The number of rotatable bonds is 9. The van der Waals surface area contributed by atoms with Crippen LogP contribution >= 0.6 is 68.6 Å². The number of aromatic nitrogens is 2. The number of fused-ring (bicyclic) bond motifs is 7. The number of Topliss-reactive ketones (excluding diaryl/α,β-unsaturated/α-hetero) is 1. The van der Waals surface area contributed by atoms with Crippen LogP contribution < -0.4 is 16.0 Å². The smallest absolute Gasteiger partial charge is 0.274 e. The molecule has 0 aliphatic carbocycles. The Morgan fingerprint density at radius 2 is 1.21 bits per heavy atom. The first kappa shape index (κ1) is 59.9. The summed E-state index contributed by atoms with van der Waals surface area (Å²) in [6.07, 6.45) is 1.38. The lowest BCUT2D eigenvalue weighted by atomic mass is 10.0. The molecule has 0 unspecified atom stereocenters. The monoisotopic (exact) mass is 1160 g/mol. The van der Waals surface area contributed by atoms with E-state index in [2.05, 4.69) is 25.9 Å². The van der Waals surface area contributed by atoms with Crippen LogP contribution in [-0.4, -0.2) is 221 Å². The minimum Gasteiger partial charge on any atom is -0.506 e. The third-order valence-electron chi connectivity index (χ3n) is 12.8. The summed E-state index contributed by atoms with van der Waals surface area (Å²) in [5.41, 5.74) is 0.0909. The van der Waals surface area contributed by atoms with E-state index in [-0.39, 0.29) is 40.2 Å². The zero-order chi connectivity index (χ0) is 55.4. The summed E-state index contributed by atoms with van der Waals surface area (Å²) in [5.74, 6) is -8.17. The van der Waals surface area contributed by atoms with Crippen molar-refractivity contribution in [2.24, 2.45) is 5.92 Å². The zero-order valence-electron chi connectivity index (χ0n) is 42.3. The van der Waals surface area contributed by atoms with Gasteiger partial charge < -0.3 is 46.0 Å². The van der Waals surface area contributed by atoms with Crippen molar-refractivity contribution in [3.8, 4) is 11.5 Å². The first-order valence-corrected chi connectivity index (χ1v) is 30.8. The minimum absolute atomic E-state index is 0.0164. The van der Waals surface area contributed by atoms with Gasteiger partial charge in [-0.25, -0.2) is 9.97 Å². The molecule has 4 aromatic rings. The van der Waals surface area contributed by atoms with Crippen molar-refractivity contribution in [1.29, 1.82) is 0 Å². The van der Waals surface area contributed by atoms with Crippen molar-refractivity contribution < 1.29 is 58.5 Å². The molecule has 6 rings (SSSR count). The van der Waals surface area contributed by atoms with Gasteiger partial charge in [-0.15, -0.1) is 0 Å². The van der Waals surface area contributed by atoms with Crippen LogP contribution in [0.4, 0.5) is 0 Å². The quantitative estimate of drug-likeness (QED) is 0.103. The van der Waals surface area contributed by atoms with E-state index in [0.29, 0.717) is 45.3 Å². The van der Waals surface area contributed by atoms with Crippen LogP contribution in [0.1, 0.15) is 27.4 Å². The van der Waals surface area contributed by atoms with Gasteiger partial charge in [-0.2, -0.15) is 23.5 Å². The zero-order valence-corrected chi connectivity index (χ0v) is 47.2. The Balaban J connectivity index is 1.36. The van der Waals surface area contributed by atoms with E-state index in [1.807, 2.05) is 0 Å². The highest BCUT2D eigenvalue weighted by Crippen LogP contribution is 2.31. The van der Waals surface area contributed by atoms with Crippen molar-refractivity contribution in [3.63, 3.8) is 0 Å². The van der Waals surface area contributed by atoms with Gasteiger partial charge in [-0.3, -0.25) is 48.1 Å². The predicted octanol–water partition coefficient (Wildman–Crippen LogP) is 2.17. The predicted molar refractivity (Wildman–Crippen MR) is 300 cm³/mol. The molecule has 2 bridgehead atoms. The molecule has 2 aromatic heterocycles. The number of thioether (sulfide) groups is 4. The number of carbonyl (C=O) groups is 9. The molecule has 2 aliphatic rings. The average Bonchev–Trinajstić information content (AvgIpc) is 3.41. The second-order valence-corrected chi connectivity index (χ2v) is 24.2. The van der Waals surface area contributed by atoms with Gasteiger partial charge in [0.25, 0.3) is 5.91 Å². The van der Waals surface area contributed by atoms with Crippen LogP contribution in [0.3, 0.4) is 0 Å². The maximum absolute atomic E-state index is 14.8. The first-order valence-electron chi connectivity index (χ1n) is 23.6. The summed E-state index contributed by atoms with van der Waals surface area (Å²) >= 11 is 3.90. The molecule has 408 valence electrons. The molecule has 76 heavy (non-hydrogen) atoms. The van der Waals surface area contributed by atoms with Gasteiger partial charge in [-0.05, 0) is 43.8 Å². The second-order valence-electron chi connectivity index (χ2n) is 17.8. The standard InChI is InChI=1S/C49H59N9O12S6/c1-55-32-24-75-76-25-33(46(67)57(3)34(22-71-5)48(69)73-20-28(43(64)50-18-39(55)62)17-37(60)41-36(59)15-26-11-7-9-13-29(26)52-41)56(2)40(63)19-51-44(65)31(21-74-49(70)35(23-72-6)58(4)47(32)68)54-45(66)42-38(61)16-27-12-8-10-14-30(27)53-42/h7-16,28,31-35,47,59,61,68H,17-25H2,1-6H3,(H,50,64)(H,51,65)(H,54,66)/t28-,31-,32+,33+,34+,35+,47+/m1/s1. The third kappa shape index (κ3) is 14.8. The fourth-order valence-electron chi connectivity index (χ4n) is 8.11. The van der Waals surface area contributed by atoms with Gasteiger partial charge in [0.05, 0.1) is 42.1 Å². The average molecular weight is 1160 g/mol. The third-order valence-corrected chi connectivity index (χ3v) is 18.7. The van der Waals surface area contributed by atoms with Crippen LogP contribution in [0.15, 0.2) is 60.7 Å². The number of para-hydroxylation sites is 2. The first-order chi connectivity index (χ1) is 36.2. The topological polar surface area (TPSA) is 289 Å².